The van der Waals surface area contributed by atoms with Gasteiger partial charge in [0.2, 0.25) is 0 Å². The highest BCUT2D eigenvalue weighted by molar-refractivity contribution is 7.98. The van der Waals surface area contributed by atoms with Gasteiger partial charge < -0.3 is 10.4 Å². The zero-order chi connectivity index (χ0) is 10.7. The molecule has 2 N–H and O–H groups in total. The predicted octanol–water partition coefficient (Wildman–Crippen LogP) is 2.02. The van der Waals surface area contributed by atoms with Gasteiger partial charge in [0.05, 0.1) is 6.61 Å². The van der Waals surface area contributed by atoms with Gasteiger partial charge in [-0.3, -0.25) is 0 Å². The lowest BCUT2D eigenvalue weighted by Gasteiger charge is -2.14. The number of benzene rings is 1. The highest BCUT2D eigenvalue weighted by Gasteiger charge is 2.41. The van der Waals surface area contributed by atoms with Crippen LogP contribution in [0.2, 0.25) is 0 Å². The summed E-state index contributed by atoms with van der Waals surface area (Å²) in [5.74, 6) is 0. The average molecular weight is 223 g/mol. The SMILES string of the molecule is CSc1ccc(CNC2(CO)CC2)cc1. The summed E-state index contributed by atoms with van der Waals surface area (Å²) in [6.45, 7) is 1.12. The van der Waals surface area contributed by atoms with E-state index in [1.54, 1.807) is 11.8 Å². The van der Waals surface area contributed by atoms with Crippen LogP contribution in [0, 0.1) is 0 Å². The van der Waals surface area contributed by atoms with Crippen LogP contribution < -0.4 is 5.32 Å². The van der Waals surface area contributed by atoms with Gasteiger partial charge in [-0.15, -0.1) is 11.8 Å². The molecule has 2 nitrogen and oxygen atoms in total. The van der Waals surface area contributed by atoms with Gasteiger partial charge in [-0.2, -0.15) is 0 Å². The Hall–Kier alpha value is -0.510. The summed E-state index contributed by atoms with van der Waals surface area (Å²) in [5, 5.41) is 12.6. The van der Waals surface area contributed by atoms with E-state index in [1.807, 2.05) is 0 Å². The Bertz CT molecular complexity index is 319. The molecule has 3 heteroatoms. The van der Waals surface area contributed by atoms with Crippen molar-refractivity contribution in [2.24, 2.45) is 0 Å². The molecule has 0 bridgehead atoms. The highest BCUT2D eigenvalue weighted by Crippen LogP contribution is 2.34. The minimum absolute atomic E-state index is 0.0399. The van der Waals surface area contributed by atoms with Crippen LogP contribution in [0.4, 0.5) is 0 Å². The lowest BCUT2D eigenvalue weighted by atomic mass is 10.2. The van der Waals surface area contributed by atoms with Crippen molar-refractivity contribution in [2.75, 3.05) is 12.9 Å². The molecule has 0 aromatic heterocycles. The molecule has 0 aliphatic heterocycles. The average Bonchev–Trinajstić information content (AvgIpc) is 3.08. The summed E-state index contributed by atoms with van der Waals surface area (Å²) < 4.78 is 0. The standard InChI is InChI=1S/C12H17NOS/c1-15-11-4-2-10(3-5-11)8-13-12(9-14)6-7-12/h2-5,13-14H,6-9H2,1H3. The molecular weight excluding hydrogens is 206 g/mol. The van der Waals surface area contributed by atoms with Crippen molar-refractivity contribution in [3.05, 3.63) is 29.8 Å². The van der Waals surface area contributed by atoms with Gasteiger partial charge in [0.25, 0.3) is 0 Å². The summed E-state index contributed by atoms with van der Waals surface area (Å²) in [7, 11) is 0. The topological polar surface area (TPSA) is 32.3 Å². The van der Waals surface area contributed by atoms with Crippen LogP contribution in [0.25, 0.3) is 0 Å². The van der Waals surface area contributed by atoms with Gasteiger partial charge in [-0.1, -0.05) is 12.1 Å². The maximum absolute atomic E-state index is 9.15. The van der Waals surface area contributed by atoms with E-state index in [2.05, 4.69) is 35.8 Å². The Morgan fingerprint density at radius 1 is 1.33 bits per heavy atom. The zero-order valence-corrected chi connectivity index (χ0v) is 9.81. The Balaban J connectivity index is 1.88. The summed E-state index contributed by atoms with van der Waals surface area (Å²) in [5.41, 5.74) is 1.32. The molecule has 1 fully saturated rings. The fraction of sp³-hybridized carbons (Fsp3) is 0.500. The lowest BCUT2D eigenvalue weighted by molar-refractivity contribution is 0.229. The van der Waals surface area contributed by atoms with E-state index >= 15 is 0 Å². The molecule has 1 saturated carbocycles. The Morgan fingerprint density at radius 2 is 2.00 bits per heavy atom. The van der Waals surface area contributed by atoms with Crippen LogP contribution in [-0.2, 0) is 6.54 Å². The van der Waals surface area contributed by atoms with E-state index in [-0.39, 0.29) is 12.1 Å². The number of rotatable bonds is 5. The fourth-order valence-electron chi connectivity index (χ4n) is 1.57. The van der Waals surface area contributed by atoms with Crippen LogP contribution in [0.15, 0.2) is 29.2 Å². The van der Waals surface area contributed by atoms with Crippen molar-refractivity contribution in [1.29, 1.82) is 0 Å². The van der Waals surface area contributed by atoms with E-state index in [0.717, 1.165) is 19.4 Å². The predicted molar refractivity (Wildman–Crippen MR) is 64.1 cm³/mol. The molecule has 1 aromatic carbocycles. The number of hydrogen-bond acceptors (Lipinski definition) is 3. The molecule has 0 heterocycles. The summed E-state index contributed by atoms with van der Waals surface area (Å²) in [4.78, 5) is 1.29. The van der Waals surface area contributed by atoms with Crippen LogP contribution in [0.5, 0.6) is 0 Å². The second-order valence-corrected chi connectivity index (χ2v) is 5.02. The first kappa shape index (κ1) is 11.0. The fourth-order valence-corrected chi connectivity index (χ4v) is 1.98. The Morgan fingerprint density at radius 3 is 2.47 bits per heavy atom. The summed E-state index contributed by atoms with van der Waals surface area (Å²) in [6.07, 6.45) is 4.29. The first-order valence-electron chi connectivity index (χ1n) is 5.27. The maximum atomic E-state index is 9.15. The Labute approximate surface area is 95.1 Å². The van der Waals surface area contributed by atoms with Crippen molar-refractivity contribution in [3.8, 4) is 0 Å². The third-order valence-electron chi connectivity index (χ3n) is 2.98. The second kappa shape index (κ2) is 4.56. The molecule has 1 aromatic rings. The van der Waals surface area contributed by atoms with Crippen molar-refractivity contribution < 1.29 is 5.11 Å². The minimum atomic E-state index is 0.0399. The monoisotopic (exact) mass is 223 g/mol. The molecule has 2 rings (SSSR count). The summed E-state index contributed by atoms with van der Waals surface area (Å²) in [6, 6.07) is 8.57. The van der Waals surface area contributed by atoms with E-state index < -0.39 is 0 Å². The molecule has 0 spiro atoms. The molecular formula is C12H17NOS. The first-order valence-corrected chi connectivity index (χ1v) is 6.49. The van der Waals surface area contributed by atoms with E-state index in [9.17, 15) is 0 Å². The van der Waals surface area contributed by atoms with E-state index in [4.69, 9.17) is 5.11 Å². The van der Waals surface area contributed by atoms with Crippen molar-refractivity contribution >= 4 is 11.8 Å². The van der Waals surface area contributed by atoms with Gasteiger partial charge in [-0.25, -0.2) is 0 Å². The zero-order valence-electron chi connectivity index (χ0n) is 8.99. The molecule has 82 valence electrons. The Kier molecular flexibility index (Phi) is 3.34. The molecule has 0 saturated heterocycles. The normalized spacial score (nSPS) is 17.7. The van der Waals surface area contributed by atoms with Crippen molar-refractivity contribution in [2.45, 2.75) is 29.8 Å². The molecule has 0 atom stereocenters. The van der Waals surface area contributed by atoms with Crippen molar-refractivity contribution in [1.82, 2.24) is 5.32 Å². The second-order valence-electron chi connectivity index (χ2n) is 4.14. The third kappa shape index (κ3) is 2.74. The third-order valence-corrected chi connectivity index (χ3v) is 3.73. The van der Waals surface area contributed by atoms with Crippen LogP contribution in [0.1, 0.15) is 18.4 Å². The van der Waals surface area contributed by atoms with Crippen LogP contribution >= 0.6 is 11.8 Å². The minimum Gasteiger partial charge on any atom is -0.394 e. The van der Waals surface area contributed by atoms with Gasteiger partial charge >= 0.3 is 0 Å². The van der Waals surface area contributed by atoms with Gasteiger partial charge in [0, 0.05) is 17.0 Å². The number of aliphatic hydroxyl groups excluding tert-OH is 1. The van der Waals surface area contributed by atoms with E-state index in [0.29, 0.717) is 0 Å². The lowest BCUT2D eigenvalue weighted by Crippen LogP contribution is -2.34. The van der Waals surface area contributed by atoms with Crippen molar-refractivity contribution in [3.63, 3.8) is 0 Å². The quantitative estimate of drug-likeness (QED) is 0.749. The molecule has 0 unspecified atom stereocenters. The molecule has 1 aliphatic carbocycles. The number of nitrogens with one attached hydrogen (secondary N) is 1. The van der Waals surface area contributed by atoms with E-state index in [1.165, 1.54) is 10.5 Å². The first-order chi connectivity index (χ1) is 7.28. The molecule has 1 aliphatic rings. The molecule has 0 radical (unpaired) electrons. The molecule has 0 amide bonds. The van der Waals surface area contributed by atoms with Gasteiger partial charge in [-0.05, 0) is 36.8 Å². The van der Waals surface area contributed by atoms with Crippen LogP contribution in [-0.4, -0.2) is 23.5 Å². The van der Waals surface area contributed by atoms with Crippen LogP contribution in [0.3, 0.4) is 0 Å². The smallest absolute Gasteiger partial charge is 0.0613 e. The summed E-state index contributed by atoms with van der Waals surface area (Å²) >= 11 is 1.76. The number of thioether (sulfide) groups is 1. The number of aliphatic hydroxyl groups is 1. The van der Waals surface area contributed by atoms with Gasteiger partial charge in [0.15, 0.2) is 0 Å². The highest BCUT2D eigenvalue weighted by atomic mass is 32.2. The molecule has 15 heavy (non-hydrogen) atoms. The van der Waals surface area contributed by atoms with Gasteiger partial charge in [0.1, 0.15) is 0 Å². The maximum Gasteiger partial charge on any atom is 0.0613 e. The number of hydrogen-bond donors (Lipinski definition) is 2. The largest absolute Gasteiger partial charge is 0.394 e.